The molecule has 0 spiro atoms. The van der Waals surface area contributed by atoms with Gasteiger partial charge in [-0.05, 0) is 39.0 Å². The summed E-state index contributed by atoms with van der Waals surface area (Å²) in [5.41, 5.74) is 0.437. The van der Waals surface area contributed by atoms with Crippen LogP contribution in [-0.2, 0) is 4.74 Å². The highest BCUT2D eigenvalue weighted by Gasteiger charge is 2.14. The third kappa shape index (κ3) is 5.77. The van der Waals surface area contributed by atoms with Gasteiger partial charge >= 0.3 is 6.09 Å². The van der Waals surface area contributed by atoms with Gasteiger partial charge in [0.1, 0.15) is 5.60 Å². The zero-order valence-electron chi connectivity index (χ0n) is 11.6. The summed E-state index contributed by atoms with van der Waals surface area (Å²) >= 11 is 5.84. The van der Waals surface area contributed by atoms with Gasteiger partial charge in [-0.25, -0.2) is 4.79 Å². The van der Waals surface area contributed by atoms with Gasteiger partial charge in [-0.1, -0.05) is 23.4 Å². The molecule has 0 fully saturated rings. The Morgan fingerprint density at radius 2 is 2.15 bits per heavy atom. The Bertz CT molecular complexity index is 565. The number of carbonyl (C=O) groups excluding carboxylic acids is 2. The number of alkyl carbamates (subject to hydrolysis) is 1. The minimum Gasteiger partial charge on any atom is -0.444 e. The van der Waals surface area contributed by atoms with Crippen LogP contribution in [0.1, 0.15) is 36.7 Å². The molecule has 0 heterocycles. The number of carbonyl (C=O) groups is 2. The summed E-state index contributed by atoms with van der Waals surface area (Å²) in [4.78, 5) is 22.2. The number of amides is 1. The van der Waals surface area contributed by atoms with E-state index in [2.05, 4.69) is 17.2 Å². The second-order valence-electron chi connectivity index (χ2n) is 5.01. The molecule has 0 saturated carbocycles. The van der Waals surface area contributed by atoms with E-state index >= 15 is 0 Å². The van der Waals surface area contributed by atoms with Crippen molar-refractivity contribution in [2.45, 2.75) is 26.4 Å². The quantitative estimate of drug-likeness (QED) is 0.673. The normalized spacial score (nSPS) is 10.2. The molecule has 0 saturated heterocycles. The smallest absolute Gasteiger partial charge is 0.408 e. The van der Waals surface area contributed by atoms with Crippen LogP contribution in [0.5, 0.6) is 0 Å². The van der Waals surface area contributed by atoms with Crippen molar-refractivity contribution in [2.75, 3.05) is 6.54 Å². The highest BCUT2D eigenvalue weighted by atomic mass is 35.5. The highest BCUT2D eigenvalue weighted by Crippen LogP contribution is 2.13. The highest BCUT2D eigenvalue weighted by molar-refractivity contribution is 6.30. The molecular formula is C15H16ClNO3. The van der Waals surface area contributed by atoms with Crippen molar-refractivity contribution in [2.24, 2.45) is 0 Å². The van der Waals surface area contributed by atoms with Crippen molar-refractivity contribution in [3.05, 3.63) is 34.3 Å². The molecule has 1 aromatic carbocycles. The van der Waals surface area contributed by atoms with Gasteiger partial charge < -0.3 is 10.1 Å². The summed E-state index contributed by atoms with van der Waals surface area (Å²) < 4.78 is 5.06. The predicted octanol–water partition coefficient (Wildman–Crippen LogP) is 3.03. The maximum atomic E-state index is 11.4. The van der Waals surface area contributed by atoms with E-state index < -0.39 is 11.7 Å². The van der Waals surface area contributed by atoms with Crippen LogP contribution in [0.4, 0.5) is 4.79 Å². The Balaban J connectivity index is 2.61. The van der Waals surface area contributed by atoms with Crippen LogP contribution >= 0.6 is 11.6 Å². The fourth-order valence-electron chi connectivity index (χ4n) is 1.31. The molecule has 1 aromatic rings. The van der Waals surface area contributed by atoms with Crippen molar-refractivity contribution in [1.82, 2.24) is 5.32 Å². The van der Waals surface area contributed by atoms with E-state index in [1.807, 2.05) is 0 Å². The molecule has 0 radical (unpaired) electrons. The Kier molecular flexibility index (Phi) is 5.60. The zero-order chi connectivity index (χ0) is 15.2. The first-order valence-electron chi connectivity index (χ1n) is 6.02. The van der Waals surface area contributed by atoms with Crippen molar-refractivity contribution >= 4 is 24.0 Å². The van der Waals surface area contributed by atoms with E-state index in [1.54, 1.807) is 39.0 Å². The van der Waals surface area contributed by atoms with Gasteiger partial charge in [0.05, 0.1) is 6.54 Å². The number of hydrogen-bond acceptors (Lipinski definition) is 3. The topological polar surface area (TPSA) is 55.4 Å². The van der Waals surface area contributed by atoms with Crippen LogP contribution in [0.25, 0.3) is 0 Å². The minimum absolute atomic E-state index is 0.125. The van der Waals surface area contributed by atoms with Crippen LogP contribution in [-0.4, -0.2) is 24.5 Å². The minimum atomic E-state index is -0.546. The van der Waals surface area contributed by atoms with E-state index in [9.17, 15) is 9.59 Å². The first-order chi connectivity index (χ1) is 9.31. The molecule has 1 rings (SSSR count). The number of rotatable bonds is 2. The molecule has 106 valence electrons. The van der Waals surface area contributed by atoms with Gasteiger partial charge in [-0.3, -0.25) is 4.79 Å². The fraction of sp³-hybridized carbons (Fsp3) is 0.333. The molecule has 0 aliphatic carbocycles. The average Bonchev–Trinajstić information content (AvgIpc) is 2.33. The third-order valence-electron chi connectivity index (χ3n) is 2.09. The van der Waals surface area contributed by atoms with Gasteiger partial charge in [-0.15, -0.1) is 0 Å². The van der Waals surface area contributed by atoms with E-state index in [1.165, 1.54) is 0 Å². The average molecular weight is 294 g/mol. The van der Waals surface area contributed by atoms with Gasteiger partial charge in [-0.2, -0.15) is 0 Å². The van der Waals surface area contributed by atoms with E-state index in [-0.39, 0.29) is 6.54 Å². The number of halogens is 1. The van der Waals surface area contributed by atoms with Crippen molar-refractivity contribution in [1.29, 1.82) is 0 Å². The van der Waals surface area contributed by atoms with Crippen LogP contribution in [0, 0.1) is 11.8 Å². The summed E-state index contributed by atoms with van der Waals surface area (Å²) in [7, 11) is 0. The van der Waals surface area contributed by atoms with E-state index in [0.717, 1.165) is 0 Å². The molecule has 1 N–H and O–H groups in total. The first-order valence-corrected chi connectivity index (χ1v) is 6.40. The van der Waals surface area contributed by atoms with Gasteiger partial charge in [0.2, 0.25) is 0 Å². The standard InChI is InChI=1S/C15H16ClNO3/c1-15(2,3)20-14(19)17-8-4-5-11-9-13(16)7-6-12(11)10-18/h6-7,9-10H,8H2,1-3H3,(H,17,19). The second-order valence-corrected chi connectivity index (χ2v) is 5.44. The van der Waals surface area contributed by atoms with Gasteiger partial charge in [0, 0.05) is 16.1 Å². The monoisotopic (exact) mass is 293 g/mol. The summed E-state index contributed by atoms with van der Waals surface area (Å²) in [5, 5.41) is 3.01. The Hall–Kier alpha value is -1.99. The fourth-order valence-corrected chi connectivity index (χ4v) is 1.48. The molecule has 1 amide bonds. The Morgan fingerprint density at radius 3 is 2.75 bits per heavy atom. The largest absolute Gasteiger partial charge is 0.444 e. The number of nitrogens with one attached hydrogen (secondary N) is 1. The van der Waals surface area contributed by atoms with Crippen molar-refractivity contribution in [3.63, 3.8) is 0 Å². The molecule has 0 unspecified atom stereocenters. The van der Waals surface area contributed by atoms with E-state index in [0.29, 0.717) is 22.4 Å². The Labute approximate surface area is 123 Å². The summed E-state index contributed by atoms with van der Waals surface area (Å²) in [6.07, 6.45) is 0.176. The molecular weight excluding hydrogens is 278 g/mol. The van der Waals surface area contributed by atoms with Gasteiger partial charge in [0.15, 0.2) is 6.29 Å². The molecule has 0 aliphatic rings. The van der Waals surface area contributed by atoms with E-state index in [4.69, 9.17) is 16.3 Å². The number of aldehydes is 1. The summed E-state index contributed by atoms with van der Waals surface area (Å²) in [6.45, 7) is 5.46. The number of hydrogen-bond donors (Lipinski definition) is 1. The maximum Gasteiger partial charge on any atom is 0.408 e. The first kappa shape index (κ1) is 16.1. The van der Waals surface area contributed by atoms with Crippen LogP contribution in [0.3, 0.4) is 0 Å². The molecule has 0 aliphatic heterocycles. The zero-order valence-corrected chi connectivity index (χ0v) is 12.4. The predicted molar refractivity (Wildman–Crippen MR) is 78.0 cm³/mol. The number of ether oxygens (including phenoxy) is 1. The number of benzene rings is 1. The molecule has 4 nitrogen and oxygen atoms in total. The molecule has 20 heavy (non-hydrogen) atoms. The summed E-state index contributed by atoms with van der Waals surface area (Å²) in [5.74, 6) is 5.53. The van der Waals surface area contributed by atoms with Gasteiger partial charge in [0.25, 0.3) is 0 Å². The second kappa shape index (κ2) is 6.97. The molecule has 0 bridgehead atoms. The molecule has 0 atom stereocenters. The lowest BCUT2D eigenvalue weighted by Gasteiger charge is -2.19. The SMILES string of the molecule is CC(C)(C)OC(=O)NCC#Cc1cc(Cl)ccc1C=O. The lowest BCUT2D eigenvalue weighted by molar-refractivity contribution is 0.0535. The Morgan fingerprint density at radius 1 is 1.45 bits per heavy atom. The van der Waals surface area contributed by atoms with Crippen LogP contribution < -0.4 is 5.32 Å². The third-order valence-corrected chi connectivity index (χ3v) is 2.32. The van der Waals surface area contributed by atoms with Crippen LogP contribution in [0.2, 0.25) is 5.02 Å². The van der Waals surface area contributed by atoms with Crippen molar-refractivity contribution in [3.8, 4) is 11.8 Å². The molecule has 0 aromatic heterocycles. The molecule has 5 heteroatoms. The summed E-state index contributed by atoms with van der Waals surface area (Å²) in [6, 6.07) is 4.82. The lowest BCUT2D eigenvalue weighted by atomic mass is 10.1. The van der Waals surface area contributed by atoms with Crippen molar-refractivity contribution < 1.29 is 14.3 Å². The maximum absolute atomic E-state index is 11.4. The van der Waals surface area contributed by atoms with Crippen LogP contribution in [0.15, 0.2) is 18.2 Å². The lowest BCUT2D eigenvalue weighted by Crippen LogP contribution is -2.32.